The summed E-state index contributed by atoms with van der Waals surface area (Å²) in [6, 6.07) is 0. The van der Waals surface area contributed by atoms with E-state index in [4.69, 9.17) is 11.6 Å². The number of hydrogen-bond acceptors (Lipinski definition) is 4. The molecule has 0 heterocycles. The average Bonchev–Trinajstić information content (AvgIpc) is 2.17. The molecule has 0 aromatic carbocycles. The van der Waals surface area contributed by atoms with E-state index in [2.05, 4.69) is 4.84 Å². The van der Waals surface area contributed by atoms with Crippen molar-refractivity contribution >= 4 is 5.97 Å². The Labute approximate surface area is 72.2 Å². The van der Waals surface area contributed by atoms with E-state index >= 15 is 0 Å². The molecule has 0 saturated heterocycles. The standard InChI is InChI=1S/C8H16N2O2/c9-5-6-1-3-7(4-2-6)8(11)12-10/h6-7H,1-5,9-10H2. The van der Waals surface area contributed by atoms with Gasteiger partial charge in [-0.3, -0.25) is 4.79 Å². The fourth-order valence-electron chi connectivity index (χ4n) is 1.73. The molecule has 1 saturated carbocycles. The van der Waals surface area contributed by atoms with E-state index in [0.29, 0.717) is 5.92 Å². The molecule has 1 aliphatic rings. The van der Waals surface area contributed by atoms with Crippen LogP contribution in [0.3, 0.4) is 0 Å². The van der Waals surface area contributed by atoms with Crippen molar-refractivity contribution in [2.24, 2.45) is 23.5 Å². The second-order valence-electron chi connectivity index (χ2n) is 3.39. The molecule has 1 fully saturated rings. The van der Waals surface area contributed by atoms with Gasteiger partial charge < -0.3 is 10.6 Å². The van der Waals surface area contributed by atoms with Gasteiger partial charge in [0, 0.05) is 0 Å². The molecule has 0 amide bonds. The number of carbonyl (C=O) groups excluding carboxylic acids is 1. The Bertz CT molecular complexity index is 153. The van der Waals surface area contributed by atoms with Gasteiger partial charge in [0.2, 0.25) is 0 Å². The number of hydrogen-bond donors (Lipinski definition) is 2. The predicted octanol–water partition coefficient (Wildman–Crippen LogP) is 0.168. The molecule has 0 atom stereocenters. The molecule has 0 spiro atoms. The van der Waals surface area contributed by atoms with E-state index in [-0.39, 0.29) is 11.9 Å². The summed E-state index contributed by atoms with van der Waals surface area (Å²) in [4.78, 5) is 15.2. The highest BCUT2D eigenvalue weighted by Crippen LogP contribution is 2.28. The summed E-state index contributed by atoms with van der Waals surface area (Å²) in [6.07, 6.45) is 3.79. The van der Waals surface area contributed by atoms with Gasteiger partial charge in [-0.2, -0.15) is 5.90 Å². The van der Waals surface area contributed by atoms with Crippen molar-refractivity contribution in [1.29, 1.82) is 0 Å². The fraction of sp³-hybridized carbons (Fsp3) is 0.875. The van der Waals surface area contributed by atoms with Crippen LogP contribution in [0.15, 0.2) is 0 Å². The van der Waals surface area contributed by atoms with Crippen molar-refractivity contribution in [3.63, 3.8) is 0 Å². The Hall–Kier alpha value is -0.610. The van der Waals surface area contributed by atoms with Crippen LogP contribution in [0.2, 0.25) is 0 Å². The van der Waals surface area contributed by atoms with Crippen molar-refractivity contribution in [3.05, 3.63) is 0 Å². The highest BCUT2D eigenvalue weighted by atomic mass is 16.7. The van der Waals surface area contributed by atoms with Gasteiger partial charge >= 0.3 is 5.97 Å². The van der Waals surface area contributed by atoms with E-state index in [1.54, 1.807) is 0 Å². The molecule has 0 aromatic rings. The molecular formula is C8H16N2O2. The SMILES string of the molecule is NCC1CCC(C(=O)ON)CC1. The molecule has 0 unspecified atom stereocenters. The number of nitrogens with two attached hydrogens (primary N) is 2. The topological polar surface area (TPSA) is 78.3 Å². The summed E-state index contributed by atoms with van der Waals surface area (Å²) in [6.45, 7) is 0.727. The van der Waals surface area contributed by atoms with Gasteiger partial charge in [-0.05, 0) is 38.1 Å². The Morgan fingerprint density at radius 1 is 1.33 bits per heavy atom. The summed E-state index contributed by atoms with van der Waals surface area (Å²) < 4.78 is 0. The molecule has 0 radical (unpaired) electrons. The van der Waals surface area contributed by atoms with Crippen LogP contribution in [0.5, 0.6) is 0 Å². The first-order valence-electron chi connectivity index (χ1n) is 4.38. The minimum Gasteiger partial charge on any atom is -0.373 e. The summed E-state index contributed by atoms with van der Waals surface area (Å²) in [7, 11) is 0. The average molecular weight is 172 g/mol. The maximum Gasteiger partial charge on any atom is 0.327 e. The zero-order chi connectivity index (χ0) is 8.97. The highest BCUT2D eigenvalue weighted by Gasteiger charge is 2.26. The Morgan fingerprint density at radius 3 is 2.33 bits per heavy atom. The lowest BCUT2D eigenvalue weighted by Gasteiger charge is -2.25. The Balaban J connectivity index is 2.30. The van der Waals surface area contributed by atoms with E-state index in [9.17, 15) is 4.79 Å². The summed E-state index contributed by atoms with van der Waals surface area (Å²) in [5, 5.41) is 0. The largest absolute Gasteiger partial charge is 0.373 e. The van der Waals surface area contributed by atoms with Crippen LogP contribution in [-0.2, 0) is 9.63 Å². The molecule has 1 rings (SSSR count). The minimum atomic E-state index is -0.273. The second kappa shape index (κ2) is 4.42. The summed E-state index contributed by atoms with van der Waals surface area (Å²) >= 11 is 0. The normalized spacial score (nSPS) is 29.8. The first-order chi connectivity index (χ1) is 5.77. The van der Waals surface area contributed by atoms with Crippen molar-refractivity contribution in [2.45, 2.75) is 25.7 Å². The summed E-state index contributed by atoms with van der Waals surface area (Å²) in [5.41, 5.74) is 5.52. The first-order valence-corrected chi connectivity index (χ1v) is 4.38. The van der Waals surface area contributed by atoms with Crippen molar-refractivity contribution in [2.75, 3.05) is 6.54 Å². The molecule has 4 N–H and O–H groups in total. The fourth-order valence-corrected chi connectivity index (χ4v) is 1.73. The van der Waals surface area contributed by atoms with Gasteiger partial charge in [0.05, 0.1) is 5.92 Å². The maximum atomic E-state index is 11.0. The van der Waals surface area contributed by atoms with Crippen molar-refractivity contribution in [3.8, 4) is 0 Å². The monoisotopic (exact) mass is 172 g/mol. The van der Waals surface area contributed by atoms with Gasteiger partial charge in [0.15, 0.2) is 0 Å². The Kier molecular flexibility index (Phi) is 3.49. The van der Waals surface area contributed by atoms with Crippen LogP contribution in [0.25, 0.3) is 0 Å². The molecular weight excluding hydrogens is 156 g/mol. The van der Waals surface area contributed by atoms with E-state index < -0.39 is 0 Å². The molecule has 0 aromatic heterocycles. The van der Waals surface area contributed by atoms with Crippen molar-refractivity contribution in [1.82, 2.24) is 0 Å². The van der Waals surface area contributed by atoms with Gasteiger partial charge in [0.1, 0.15) is 0 Å². The van der Waals surface area contributed by atoms with Gasteiger partial charge in [-0.25, -0.2) is 0 Å². The minimum absolute atomic E-state index is 0.0119. The van der Waals surface area contributed by atoms with Crippen LogP contribution in [0.4, 0.5) is 0 Å². The molecule has 4 nitrogen and oxygen atoms in total. The zero-order valence-corrected chi connectivity index (χ0v) is 7.16. The first kappa shape index (κ1) is 9.48. The maximum absolute atomic E-state index is 11.0. The molecule has 0 bridgehead atoms. The summed E-state index contributed by atoms with van der Waals surface area (Å²) in [5.74, 6) is 5.12. The third-order valence-electron chi connectivity index (χ3n) is 2.63. The molecule has 70 valence electrons. The van der Waals surface area contributed by atoms with E-state index in [0.717, 1.165) is 32.2 Å². The zero-order valence-electron chi connectivity index (χ0n) is 7.16. The lowest BCUT2D eigenvalue weighted by Crippen LogP contribution is -2.28. The number of carbonyl (C=O) groups is 1. The van der Waals surface area contributed by atoms with Crippen LogP contribution < -0.4 is 11.6 Å². The smallest absolute Gasteiger partial charge is 0.327 e. The third kappa shape index (κ3) is 2.19. The number of rotatable bonds is 2. The molecule has 12 heavy (non-hydrogen) atoms. The van der Waals surface area contributed by atoms with Crippen LogP contribution in [-0.4, -0.2) is 12.5 Å². The van der Waals surface area contributed by atoms with Gasteiger partial charge in [-0.1, -0.05) is 0 Å². The lowest BCUT2D eigenvalue weighted by molar-refractivity contribution is -0.150. The third-order valence-corrected chi connectivity index (χ3v) is 2.63. The van der Waals surface area contributed by atoms with Crippen LogP contribution >= 0.6 is 0 Å². The van der Waals surface area contributed by atoms with E-state index in [1.165, 1.54) is 0 Å². The molecule has 1 aliphatic carbocycles. The Morgan fingerprint density at radius 2 is 1.92 bits per heavy atom. The van der Waals surface area contributed by atoms with Gasteiger partial charge in [-0.15, -0.1) is 0 Å². The quantitative estimate of drug-likeness (QED) is 0.582. The predicted molar refractivity (Wildman–Crippen MR) is 44.8 cm³/mol. The van der Waals surface area contributed by atoms with Crippen molar-refractivity contribution < 1.29 is 9.63 Å². The van der Waals surface area contributed by atoms with Crippen LogP contribution in [0, 0.1) is 11.8 Å². The van der Waals surface area contributed by atoms with Gasteiger partial charge in [0.25, 0.3) is 0 Å². The molecule has 4 heteroatoms. The van der Waals surface area contributed by atoms with Crippen LogP contribution in [0.1, 0.15) is 25.7 Å². The van der Waals surface area contributed by atoms with E-state index in [1.807, 2.05) is 0 Å². The second-order valence-corrected chi connectivity index (χ2v) is 3.39. The highest BCUT2D eigenvalue weighted by molar-refractivity contribution is 5.72. The molecule has 0 aliphatic heterocycles. The lowest BCUT2D eigenvalue weighted by atomic mass is 9.82.